The maximum absolute atomic E-state index is 14.1. The average Bonchev–Trinajstić information content (AvgIpc) is 3.38. The molecule has 3 aliphatic rings. The van der Waals surface area contributed by atoms with Gasteiger partial charge in [0.15, 0.2) is 0 Å². The average molecular weight is 490 g/mol. The van der Waals surface area contributed by atoms with Crippen molar-refractivity contribution < 1.29 is 24.2 Å². The Labute approximate surface area is 210 Å². The van der Waals surface area contributed by atoms with Gasteiger partial charge in [-0.1, -0.05) is 26.0 Å². The highest BCUT2D eigenvalue weighted by Gasteiger charge is 2.78. The van der Waals surface area contributed by atoms with E-state index in [1.54, 1.807) is 26.9 Å². The molecule has 8 heteroatoms. The molecule has 3 fully saturated rings. The highest BCUT2D eigenvalue weighted by Crippen LogP contribution is 2.64. The molecule has 0 aliphatic carbocycles. The molecule has 196 valence electrons. The lowest BCUT2D eigenvalue weighted by atomic mass is 9.66. The fourth-order valence-electron chi connectivity index (χ4n) is 6.59. The normalized spacial score (nSPS) is 32.0. The molecule has 0 aromatic rings. The van der Waals surface area contributed by atoms with E-state index in [9.17, 15) is 19.5 Å². The number of nitrogens with zero attached hydrogens (tertiary/aromatic N) is 3. The maximum atomic E-state index is 14.1. The molecule has 2 unspecified atom stereocenters. The van der Waals surface area contributed by atoms with Gasteiger partial charge in [-0.15, -0.1) is 13.2 Å². The van der Waals surface area contributed by atoms with Gasteiger partial charge in [-0.3, -0.25) is 14.4 Å². The largest absolute Gasteiger partial charge is 0.394 e. The predicted octanol–water partition coefficient (Wildman–Crippen LogP) is 2.37. The van der Waals surface area contributed by atoms with Crippen LogP contribution in [0, 0.1) is 11.8 Å². The van der Waals surface area contributed by atoms with Gasteiger partial charge in [-0.25, -0.2) is 0 Å². The van der Waals surface area contributed by atoms with Gasteiger partial charge in [0, 0.05) is 25.7 Å². The topological polar surface area (TPSA) is 90.4 Å². The number of aliphatic hydroxyl groups excluding tert-OH is 1. The Kier molecular flexibility index (Phi) is 8.16. The van der Waals surface area contributed by atoms with Crippen molar-refractivity contribution in [2.45, 2.75) is 89.6 Å². The Balaban J connectivity index is 2.14. The van der Waals surface area contributed by atoms with Crippen LogP contribution >= 0.6 is 0 Å². The summed E-state index contributed by atoms with van der Waals surface area (Å²) in [7, 11) is 0. The fraction of sp³-hybridized carbons (Fsp3) is 0.741. The third kappa shape index (κ3) is 4.22. The second-order valence-electron chi connectivity index (χ2n) is 10.7. The number of carbonyl (C=O) groups is 3. The van der Waals surface area contributed by atoms with E-state index in [0.29, 0.717) is 38.9 Å². The number of likely N-dealkylation sites (tertiary alicyclic amines) is 1. The van der Waals surface area contributed by atoms with Crippen molar-refractivity contribution in [1.29, 1.82) is 0 Å². The molecular weight excluding hydrogens is 446 g/mol. The molecule has 3 amide bonds. The van der Waals surface area contributed by atoms with Crippen LogP contribution in [0.4, 0.5) is 0 Å². The number of rotatable bonds is 12. The quantitative estimate of drug-likeness (QED) is 0.425. The first-order valence-electron chi connectivity index (χ1n) is 13.0. The Morgan fingerprint density at radius 1 is 1.20 bits per heavy atom. The minimum Gasteiger partial charge on any atom is -0.394 e. The Morgan fingerprint density at radius 2 is 1.86 bits per heavy atom. The Hall–Kier alpha value is -2.19. The van der Waals surface area contributed by atoms with Crippen LogP contribution in [0.3, 0.4) is 0 Å². The van der Waals surface area contributed by atoms with Gasteiger partial charge in [0.1, 0.15) is 11.6 Å². The standard InChI is InChI=1S/C27H43N3O5/c1-8-14-28(15-9-2)23(32)20-21-24(33)30(19(11-4)17-31)22(25(34)29(16-10-3)18(5)6)27(21)13-12-26(20,7)35-27/h8,10,18-22,31H,1,3,9,11-17H2,2,4-7H3/t19-,20-,21-,22?,26+,27?/m0/s1. The van der Waals surface area contributed by atoms with E-state index in [4.69, 9.17) is 4.74 Å². The van der Waals surface area contributed by atoms with E-state index in [1.807, 2.05) is 34.6 Å². The number of carbonyl (C=O) groups excluding carboxylic acids is 3. The van der Waals surface area contributed by atoms with Crippen molar-refractivity contribution in [3.63, 3.8) is 0 Å². The van der Waals surface area contributed by atoms with Crippen molar-refractivity contribution >= 4 is 17.7 Å². The predicted molar refractivity (Wildman–Crippen MR) is 134 cm³/mol. The smallest absolute Gasteiger partial charge is 0.248 e. The van der Waals surface area contributed by atoms with Gasteiger partial charge in [0.25, 0.3) is 0 Å². The molecule has 0 saturated carbocycles. The lowest BCUT2D eigenvalue weighted by Crippen LogP contribution is -2.59. The van der Waals surface area contributed by atoms with E-state index < -0.39 is 35.1 Å². The SMILES string of the molecule is C=CCN(CCC)C(=O)[C@@H]1[C@H]2C(=O)N([C@@H](CC)CO)C(C(=O)N(CC=C)C(C)C)C23CC[C@@]1(C)O3. The van der Waals surface area contributed by atoms with Gasteiger partial charge in [-0.05, 0) is 46.5 Å². The Morgan fingerprint density at radius 3 is 2.37 bits per heavy atom. The van der Waals surface area contributed by atoms with Crippen LogP contribution in [0.2, 0.25) is 0 Å². The first-order valence-corrected chi connectivity index (χ1v) is 13.0. The first-order chi connectivity index (χ1) is 16.6. The number of aliphatic hydroxyl groups is 1. The molecule has 8 nitrogen and oxygen atoms in total. The number of ether oxygens (including phenoxy) is 1. The molecule has 1 N–H and O–H groups in total. The van der Waals surface area contributed by atoms with Crippen molar-refractivity contribution in [3.05, 3.63) is 25.3 Å². The second kappa shape index (κ2) is 10.4. The lowest BCUT2D eigenvalue weighted by molar-refractivity contribution is -0.157. The van der Waals surface area contributed by atoms with Gasteiger partial charge >= 0.3 is 0 Å². The summed E-state index contributed by atoms with van der Waals surface area (Å²) in [6, 6.07) is -1.53. The number of hydrogen-bond donors (Lipinski definition) is 1. The summed E-state index contributed by atoms with van der Waals surface area (Å²) < 4.78 is 6.70. The number of amides is 3. The summed E-state index contributed by atoms with van der Waals surface area (Å²) >= 11 is 0. The third-order valence-corrected chi connectivity index (χ3v) is 8.18. The summed E-state index contributed by atoms with van der Waals surface area (Å²) in [5.41, 5.74) is -1.91. The summed E-state index contributed by atoms with van der Waals surface area (Å²) in [4.78, 5) is 47.2. The highest BCUT2D eigenvalue weighted by atomic mass is 16.5. The molecule has 3 saturated heterocycles. The van der Waals surface area contributed by atoms with Crippen LogP contribution in [0.15, 0.2) is 25.3 Å². The number of hydrogen-bond acceptors (Lipinski definition) is 5. The fourth-order valence-corrected chi connectivity index (χ4v) is 6.59. The van der Waals surface area contributed by atoms with Gasteiger partial charge in [0.2, 0.25) is 17.7 Å². The van der Waals surface area contributed by atoms with Crippen LogP contribution in [0.25, 0.3) is 0 Å². The van der Waals surface area contributed by atoms with Crippen LogP contribution < -0.4 is 0 Å². The third-order valence-electron chi connectivity index (χ3n) is 8.18. The van der Waals surface area contributed by atoms with Crippen molar-refractivity contribution in [1.82, 2.24) is 14.7 Å². The summed E-state index contributed by atoms with van der Waals surface area (Å²) in [6.07, 6.45) is 5.77. The first kappa shape index (κ1) is 27.4. The molecule has 2 bridgehead atoms. The summed E-state index contributed by atoms with van der Waals surface area (Å²) in [5, 5.41) is 10.2. The molecule has 3 heterocycles. The van der Waals surface area contributed by atoms with Gasteiger partial charge in [-0.2, -0.15) is 0 Å². The van der Waals surface area contributed by atoms with Crippen LogP contribution in [-0.4, -0.2) is 93.1 Å². The van der Waals surface area contributed by atoms with Crippen LogP contribution in [0.5, 0.6) is 0 Å². The molecular formula is C27H43N3O5. The van der Waals surface area contributed by atoms with Crippen LogP contribution in [-0.2, 0) is 19.1 Å². The maximum Gasteiger partial charge on any atom is 0.248 e. The second-order valence-corrected chi connectivity index (χ2v) is 10.7. The zero-order valence-electron chi connectivity index (χ0n) is 22.0. The molecule has 0 aromatic heterocycles. The summed E-state index contributed by atoms with van der Waals surface area (Å²) in [5.74, 6) is -2.03. The van der Waals surface area contributed by atoms with Crippen LogP contribution in [0.1, 0.15) is 60.3 Å². The molecule has 6 atom stereocenters. The zero-order valence-corrected chi connectivity index (χ0v) is 22.0. The minimum atomic E-state index is -1.09. The molecule has 0 radical (unpaired) electrons. The van der Waals surface area contributed by atoms with Crippen molar-refractivity contribution in [2.24, 2.45) is 11.8 Å². The number of fused-ring (bicyclic) bond motifs is 1. The lowest BCUT2D eigenvalue weighted by Gasteiger charge is -2.40. The molecule has 3 aliphatic heterocycles. The zero-order chi connectivity index (χ0) is 26.1. The van der Waals surface area contributed by atoms with E-state index in [1.165, 1.54) is 0 Å². The van der Waals surface area contributed by atoms with E-state index in [-0.39, 0.29) is 30.4 Å². The van der Waals surface area contributed by atoms with E-state index in [0.717, 1.165) is 6.42 Å². The summed E-state index contributed by atoms with van der Waals surface area (Å²) in [6.45, 7) is 18.3. The van der Waals surface area contributed by atoms with E-state index >= 15 is 0 Å². The van der Waals surface area contributed by atoms with Gasteiger partial charge < -0.3 is 24.5 Å². The highest BCUT2D eigenvalue weighted by molar-refractivity contribution is 5.99. The molecule has 0 aromatic carbocycles. The monoisotopic (exact) mass is 489 g/mol. The van der Waals surface area contributed by atoms with Crippen molar-refractivity contribution in [3.8, 4) is 0 Å². The molecule has 3 rings (SSSR count). The van der Waals surface area contributed by atoms with Gasteiger partial charge in [0.05, 0.1) is 30.1 Å². The molecule has 35 heavy (non-hydrogen) atoms. The van der Waals surface area contributed by atoms with Crippen molar-refractivity contribution in [2.75, 3.05) is 26.2 Å². The minimum absolute atomic E-state index is 0.110. The van der Waals surface area contributed by atoms with E-state index in [2.05, 4.69) is 13.2 Å². The Bertz CT molecular complexity index is 856. The molecule has 1 spiro atoms.